The summed E-state index contributed by atoms with van der Waals surface area (Å²) in [6.07, 6.45) is 4.48. The van der Waals surface area contributed by atoms with Gasteiger partial charge in [-0.25, -0.2) is 0 Å². The molecule has 1 saturated carbocycles. The second-order valence-electron chi connectivity index (χ2n) is 7.14. The Morgan fingerprint density at radius 3 is 2.54 bits per heavy atom. The molecule has 140 valence electrons. The van der Waals surface area contributed by atoms with Crippen molar-refractivity contribution in [3.63, 3.8) is 0 Å². The van der Waals surface area contributed by atoms with Gasteiger partial charge in [-0.2, -0.15) is 0 Å². The minimum atomic E-state index is -0.955. The summed E-state index contributed by atoms with van der Waals surface area (Å²) in [5.41, 5.74) is 0.615. The number of carbonyl (C=O) groups is 2. The van der Waals surface area contributed by atoms with E-state index in [0.717, 1.165) is 12.8 Å². The van der Waals surface area contributed by atoms with Crippen LogP contribution >= 0.6 is 0 Å². The van der Waals surface area contributed by atoms with Crippen molar-refractivity contribution < 1.29 is 24.2 Å². The van der Waals surface area contributed by atoms with E-state index in [1.54, 1.807) is 23.1 Å². The van der Waals surface area contributed by atoms with E-state index in [1.165, 1.54) is 12.8 Å². The first kappa shape index (κ1) is 17.1. The molecule has 1 aliphatic carbocycles. The molecule has 1 aromatic rings. The van der Waals surface area contributed by atoms with Gasteiger partial charge >= 0.3 is 5.97 Å². The minimum absolute atomic E-state index is 0.0342. The van der Waals surface area contributed by atoms with Crippen molar-refractivity contribution >= 4 is 11.9 Å². The molecule has 2 aliphatic heterocycles. The molecule has 2 fully saturated rings. The van der Waals surface area contributed by atoms with E-state index in [0.29, 0.717) is 49.4 Å². The monoisotopic (exact) mass is 360 g/mol. The smallest absolute Gasteiger partial charge is 0.325 e. The third kappa shape index (κ3) is 3.23. The number of amides is 1. The SMILES string of the molecule is O=C(O)C(c1ccc2c(c1)OCCO2)N1CCN(C2CCCC2)C(=O)C1. The summed E-state index contributed by atoms with van der Waals surface area (Å²) in [5, 5.41) is 9.81. The summed E-state index contributed by atoms with van der Waals surface area (Å²) in [5.74, 6) is 0.276. The fraction of sp³-hybridized carbons (Fsp3) is 0.579. The lowest BCUT2D eigenvalue weighted by Gasteiger charge is -2.40. The highest BCUT2D eigenvalue weighted by Crippen LogP contribution is 2.35. The van der Waals surface area contributed by atoms with Crippen LogP contribution in [0.5, 0.6) is 11.5 Å². The summed E-state index contributed by atoms with van der Waals surface area (Å²) in [4.78, 5) is 28.3. The Hall–Kier alpha value is -2.28. The number of hydrogen-bond acceptors (Lipinski definition) is 5. The van der Waals surface area contributed by atoms with Crippen LogP contribution in [0.25, 0.3) is 0 Å². The molecule has 7 heteroatoms. The largest absolute Gasteiger partial charge is 0.486 e. The van der Waals surface area contributed by atoms with E-state index in [9.17, 15) is 14.7 Å². The molecule has 1 unspecified atom stereocenters. The third-order valence-electron chi connectivity index (χ3n) is 5.53. The molecule has 4 rings (SSSR count). The van der Waals surface area contributed by atoms with Crippen molar-refractivity contribution in [2.45, 2.75) is 37.8 Å². The summed E-state index contributed by atoms with van der Waals surface area (Å²) in [7, 11) is 0. The van der Waals surface area contributed by atoms with Gasteiger partial charge in [-0.05, 0) is 30.5 Å². The first-order valence-corrected chi connectivity index (χ1v) is 9.29. The normalized spacial score (nSPS) is 22.5. The number of carboxylic acid groups (broad SMARTS) is 1. The molecule has 7 nitrogen and oxygen atoms in total. The van der Waals surface area contributed by atoms with Gasteiger partial charge in [0.25, 0.3) is 0 Å². The maximum atomic E-state index is 12.6. The van der Waals surface area contributed by atoms with Crippen molar-refractivity contribution in [2.24, 2.45) is 0 Å². The van der Waals surface area contributed by atoms with Gasteiger partial charge in [-0.3, -0.25) is 14.5 Å². The van der Waals surface area contributed by atoms with Gasteiger partial charge in [0.2, 0.25) is 5.91 Å². The van der Waals surface area contributed by atoms with Crippen LogP contribution in [0.15, 0.2) is 18.2 Å². The van der Waals surface area contributed by atoms with Gasteiger partial charge in [-0.15, -0.1) is 0 Å². The first-order valence-electron chi connectivity index (χ1n) is 9.29. The Bertz CT molecular complexity index is 701. The predicted octanol–water partition coefficient (Wildman–Crippen LogP) is 1.67. The molecule has 1 amide bonds. The first-order chi connectivity index (χ1) is 12.6. The lowest BCUT2D eigenvalue weighted by Crippen LogP contribution is -2.55. The highest BCUT2D eigenvalue weighted by atomic mass is 16.6. The molecule has 2 heterocycles. The van der Waals surface area contributed by atoms with E-state index in [-0.39, 0.29) is 12.5 Å². The van der Waals surface area contributed by atoms with Crippen molar-refractivity contribution in [1.29, 1.82) is 0 Å². The average Bonchev–Trinajstić information content (AvgIpc) is 3.16. The van der Waals surface area contributed by atoms with Crippen LogP contribution in [-0.2, 0) is 9.59 Å². The third-order valence-corrected chi connectivity index (χ3v) is 5.53. The Kier molecular flexibility index (Phi) is 4.72. The van der Waals surface area contributed by atoms with Crippen LogP contribution in [0.1, 0.15) is 37.3 Å². The number of benzene rings is 1. The Labute approximate surface area is 152 Å². The number of fused-ring (bicyclic) bond motifs is 1. The van der Waals surface area contributed by atoms with Crippen molar-refractivity contribution in [3.8, 4) is 11.5 Å². The topological polar surface area (TPSA) is 79.3 Å². The number of hydrogen-bond donors (Lipinski definition) is 1. The van der Waals surface area contributed by atoms with Crippen LogP contribution < -0.4 is 9.47 Å². The molecule has 1 atom stereocenters. The molecule has 1 aromatic carbocycles. The molecule has 1 saturated heterocycles. The maximum Gasteiger partial charge on any atom is 0.325 e. The van der Waals surface area contributed by atoms with E-state index in [1.807, 2.05) is 4.90 Å². The van der Waals surface area contributed by atoms with E-state index >= 15 is 0 Å². The molecular weight excluding hydrogens is 336 g/mol. The lowest BCUT2D eigenvalue weighted by atomic mass is 10.0. The Balaban J connectivity index is 1.52. The Morgan fingerprint density at radius 2 is 1.85 bits per heavy atom. The second-order valence-corrected chi connectivity index (χ2v) is 7.14. The average molecular weight is 360 g/mol. The van der Waals surface area contributed by atoms with Crippen molar-refractivity contribution in [1.82, 2.24) is 9.80 Å². The number of nitrogens with zero attached hydrogens (tertiary/aromatic N) is 2. The summed E-state index contributed by atoms with van der Waals surface area (Å²) >= 11 is 0. The van der Waals surface area contributed by atoms with Crippen LogP contribution in [0.3, 0.4) is 0 Å². The molecule has 0 bridgehead atoms. The number of aliphatic carboxylic acids is 1. The quantitative estimate of drug-likeness (QED) is 0.880. The highest BCUT2D eigenvalue weighted by Gasteiger charge is 2.37. The van der Waals surface area contributed by atoms with Crippen LogP contribution in [-0.4, -0.2) is 65.7 Å². The zero-order chi connectivity index (χ0) is 18.1. The minimum Gasteiger partial charge on any atom is -0.486 e. The summed E-state index contributed by atoms with van der Waals surface area (Å²) < 4.78 is 11.1. The van der Waals surface area contributed by atoms with E-state index in [4.69, 9.17) is 9.47 Å². The molecule has 0 aromatic heterocycles. The van der Waals surface area contributed by atoms with Crippen LogP contribution in [0.2, 0.25) is 0 Å². The Morgan fingerprint density at radius 1 is 1.12 bits per heavy atom. The van der Waals surface area contributed by atoms with Gasteiger partial charge in [0.15, 0.2) is 11.5 Å². The van der Waals surface area contributed by atoms with Gasteiger partial charge in [0.1, 0.15) is 19.3 Å². The van der Waals surface area contributed by atoms with E-state index in [2.05, 4.69) is 0 Å². The predicted molar refractivity (Wildman–Crippen MR) is 93.4 cm³/mol. The molecule has 3 aliphatic rings. The molecular formula is C19H24N2O5. The lowest BCUT2D eigenvalue weighted by molar-refractivity contribution is -0.148. The van der Waals surface area contributed by atoms with Gasteiger partial charge in [-0.1, -0.05) is 18.9 Å². The van der Waals surface area contributed by atoms with Crippen LogP contribution in [0, 0.1) is 0 Å². The second kappa shape index (κ2) is 7.15. The van der Waals surface area contributed by atoms with Gasteiger partial charge in [0.05, 0.1) is 6.54 Å². The number of carbonyl (C=O) groups excluding carboxylic acids is 1. The number of carboxylic acids is 1. The molecule has 0 spiro atoms. The zero-order valence-corrected chi connectivity index (χ0v) is 14.7. The van der Waals surface area contributed by atoms with E-state index < -0.39 is 12.0 Å². The van der Waals surface area contributed by atoms with Crippen molar-refractivity contribution in [2.75, 3.05) is 32.8 Å². The van der Waals surface area contributed by atoms with Gasteiger partial charge in [0, 0.05) is 19.1 Å². The summed E-state index contributed by atoms with van der Waals surface area (Å²) in [6, 6.07) is 4.69. The number of rotatable bonds is 4. The van der Waals surface area contributed by atoms with Gasteiger partial charge < -0.3 is 19.5 Å². The fourth-order valence-corrected chi connectivity index (χ4v) is 4.27. The summed E-state index contributed by atoms with van der Waals surface area (Å²) in [6.45, 7) is 2.24. The fourth-order valence-electron chi connectivity index (χ4n) is 4.27. The number of piperazine rings is 1. The van der Waals surface area contributed by atoms with Crippen LogP contribution in [0.4, 0.5) is 0 Å². The molecule has 1 N–H and O–H groups in total. The highest BCUT2D eigenvalue weighted by molar-refractivity contribution is 5.82. The maximum absolute atomic E-state index is 12.6. The zero-order valence-electron chi connectivity index (χ0n) is 14.7. The number of ether oxygens (including phenoxy) is 2. The van der Waals surface area contributed by atoms with Crippen molar-refractivity contribution in [3.05, 3.63) is 23.8 Å². The standard InChI is InChI=1S/C19H24N2O5/c22-17-12-20(7-8-21(17)14-3-1-2-4-14)18(19(23)24)13-5-6-15-16(11-13)26-10-9-25-15/h5-6,11,14,18H,1-4,7-10,12H2,(H,23,24). The molecule has 0 radical (unpaired) electrons. The molecule has 26 heavy (non-hydrogen) atoms.